The average molecular weight is 430 g/mol. The van der Waals surface area contributed by atoms with E-state index < -0.39 is 17.0 Å². The van der Waals surface area contributed by atoms with Gasteiger partial charge in [-0.2, -0.15) is 0 Å². The third-order valence-electron chi connectivity index (χ3n) is 4.39. The van der Waals surface area contributed by atoms with E-state index in [-0.39, 0.29) is 39.1 Å². The first-order valence-electron chi connectivity index (χ1n) is 8.62. The van der Waals surface area contributed by atoms with Crippen LogP contribution in [0.4, 0.5) is 0 Å². The number of aromatic amines is 2. The quantitative estimate of drug-likeness (QED) is 0.380. The summed E-state index contributed by atoms with van der Waals surface area (Å²) in [5.74, 6) is -0.872. The summed E-state index contributed by atoms with van der Waals surface area (Å²) in [5, 5.41) is 6.35. The van der Waals surface area contributed by atoms with Crippen molar-refractivity contribution in [1.82, 2.24) is 15.2 Å². The number of carbonyl (C=O) groups excluding carboxylic acids is 1. The van der Waals surface area contributed by atoms with E-state index in [0.717, 1.165) is 5.56 Å². The van der Waals surface area contributed by atoms with Gasteiger partial charge in [-0.1, -0.05) is 53.5 Å². The molecule has 2 N–H and O–H groups in total. The minimum absolute atomic E-state index is 0.0775. The predicted octanol–water partition coefficient (Wildman–Crippen LogP) is 3.61. The number of nitrogens with one attached hydrogen (secondary N) is 2. The van der Waals surface area contributed by atoms with Crippen molar-refractivity contribution in [2.45, 2.75) is 12.8 Å². The number of benzene rings is 2. The molecule has 0 aliphatic carbocycles. The Labute approximate surface area is 173 Å². The predicted molar refractivity (Wildman–Crippen MR) is 111 cm³/mol. The molecule has 0 aliphatic heterocycles. The monoisotopic (exact) mass is 429 g/mol. The minimum Gasteiger partial charge on any atom is -0.405 e. The molecule has 0 amide bonds. The Bertz CT molecular complexity index is 1360. The summed E-state index contributed by atoms with van der Waals surface area (Å²) in [6.45, 7) is 0. The van der Waals surface area contributed by atoms with Crippen molar-refractivity contribution in [2.24, 2.45) is 0 Å². The Hall–Kier alpha value is -3.16. The maximum absolute atomic E-state index is 13.0. The molecule has 0 atom stereocenters. The van der Waals surface area contributed by atoms with Crippen LogP contribution in [0.2, 0.25) is 10.0 Å². The van der Waals surface area contributed by atoms with E-state index in [1.54, 1.807) is 0 Å². The zero-order chi connectivity index (χ0) is 20.5. The second-order valence-corrected chi connectivity index (χ2v) is 7.18. The van der Waals surface area contributed by atoms with Crippen LogP contribution >= 0.6 is 23.2 Å². The van der Waals surface area contributed by atoms with E-state index in [0.29, 0.717) is 11.4 Å². The molecule has 0 spiro atoms. The fourth-order valence-electron chi connectivity index (χ4n) is 3.05. The third kappa shape index (κ3) is 3.74. The van der Waals surface area contributed by atoms with E-state index in [4.69, 9.17) is 27.9 Å². The number of esters is 1. The van der Waals surface area contributed by atoms with Crippen molar-refractivity contribution in [2.75, 3.05) is 0 Å². The van der Waals surface area contributed by atoms with E-state index >= 15 is 0 Å². The maximum atomic E-state index is 13.0. The zero-order valence-electron chi connectivity index (χ0n) is 14.8. The van der Waals surface area contributed by atoms with Gasteiger partial charge in [-0.05, 0) is 24.1 Å². The van der Waals surface area contributed by atoms with Crippen LogP contribution < -0.4 is 15.7 Å². The standard InChI is InChI=1S/C20H13Cl2N3O4/c21-11-8-12(22)15-13(9-11)23-17-16(18(15)27)20(25-24-19(17)28)29-14(26)7-6-10-4-2-1-3-5-10/h1-5,8-9H,6-7H2,(H,23,27)(H,24,28). The minimum atomic E-state index is -0.640. The number of fused-ring (bicyclic) bond motifs is 2. The lowest BCUT2D eigenvalue weighted by Crippen LogP contribution is -2.20. The van der Waals surface area contributed by atoms with Crippen molar-refractivity contribution in [3.05, 3.63) is 78.7 Å². The number of pyridine rings is 1. The summed E-state index contributed by atoms with van der Waals surface area (Å²) in [4.78, 5) is 40.3. The molecule has 2 aromatic carbocycles. The highest BCUT2D eigenvalue weighted by molar-refractivity contribution is 6.38. The molecule has 0 unspecified atom stereocenters. The molecule has 9 heteroatoms. The number of hydrogen-bond donors (Lipinski definition) is 2. The van der Waals surface area contributed by atoms with Crippen LogP contribution in [0.3, 0.4) is 0 Å². The van der Waals surface area contributed by atoms with Gasteiger partial charge in [0.15, 0.2) is 0 Å². The highest BCUT2D eigenvalue weighted by atomic mass is 35.5. The molecule has 29 heavy (non-hydrogen) atoms. The first-order valence-corrected chi connectivity index (χ1v) is 9.37. The lowest BCUT2D eigenvalue weighted by atomic mass is 10.1. The van der Waals surface area contributed by atoms with Crippen LogP contribution in [0.15, 0.2) is 52.1 Å². The van der Waals surface area contributed by atoms with Crippen molar-refractivity contribution in [3.63, 3.8) is 0 Å². The van der Waals surface area contributed by atoms with Gasteiger partial charge >= 0.3 is 5.97 Å². The van der Waals surface area contributed by atoms with Gasteiger partial charge in [0, 0.05) is 5.02 Å². The van der Waals surface area contributed by atoms with E-state index in [2.05, 4.69) is 15.2 Å². The Balaban J connectivity index is 1.76. The van der Waals surface area contributed by atoms with Gasteiger partial charge in [0.25, 0.3) is 11.4 Å². The molecule has 0 radical (unpaired) electrons. The van der Waals surface area contributed by atoms with Gasteiger partial charge in [-0.3, -0.25) is 14.4 Å². The summed E-state index contributed by atoms with van der Waals surface area (Å²) in [5.41, 5.74) is -0.0463. The van der Waals surface area contributed by atoms with Gasteiger partial charge in [0.1, 0.15) is 10.9 Å². The number of aromatic nitrogens is 3. The second kappa shape index (κ2) is 7.69. The molecule has 4 aromatic rings. The first-order chi connectivity index (χ1) is 13.9. The molecule has 7 nitrogen and oxygen atoms in total. The Kier molecular flexibility index (Phi) is 5.08. The van der Waals surface area contributed by atoms with Crippen LogP contribution in [-0.2, 0) is 11.2 Å². The van der Waals surface area contributed by atoms with Gasteiger partial charge in [-0.15, -0.1) is 5.10 Å². The summed E-state index contributed by atoms with van der Waals surface area (Å²) < 4.78 is 5.29. The molecule has 2 aromatic heterocycles. The normalized spacial score (nSPS) is 11.1. The van der Waals surface area contributed by atoms with Crippen LogP contribution in [0.25, 0.3) is 21.8 Å². The summed E-state index contributed by atoms with van der Waals surface area (Å²) in [6.07, 6.45) is 0.540. The first kappa shape index (κ1) is 19.2. The molecule has 0 fully saturated rings. The van der Waals surface area contributed by atoms with Crippen molar-refractivity contribution in [1.29, 1.82) is 0 Å². The number of H-pyrrole nitrogens is 2. The van der Waals surface area contributed by atoms with Crippen LogP contribution in [0.5, 0.6) is 5.88 Å². The number of nitrogens with zero attached hydrogens (tertiary/aromatic N) is 1. The molecule has 2 heterocycles. The second-order valence-electron chi connectivity index (χ2n) is 6.33. The zero-order valence-corrected chi connectivity index (χ0v) is 16.3. The third-order valence-corrected chi connectivity index (χ3v) is 4.91. The smallest absolute Gasteiger partial charge is 0.312 e. The number of rotatable bonds is 4. The SMILES string of the molecule is O=C(CCc1ccccc1)Oc1n[nH]c(=O)c2[nH]c3cc(Cl)cc(Cl)c3c(=O)c12. The highest BCUT2D eigenvalue weighted by Crippen LogP contribution is 2.27. The molecular formula is C20H13Cl2N3O4. The van der Waals surface area contributed by atoms with Gasteiger partial charge < -0.3 is 9.72 Å². The number of ether oxygens (including phenoxy) is 1. The topological polar surface area (TPSA) is 105 Å². The number of aryl methyl sites for hydroxylation is 1. The Morgan fingerprint density at radius 3 is 2.59 bits per heavy atom. The van der Waals surface area contributed by atoms with Gasteiger partial charge in [0.2, 0.25) is 5.43 Å². The molecule has 4 rings (SSSR count). The van der Waals surface area contributed by atoms with Crippen LogP contribution in [0, 0.1) is 0 Å². The lowest BCUT2D eigenvalue weighted by molar-refractivity contribution is -0.134. The molecular weight excluding hydrogens is 417 g/mol. The van der Waals surface area contributed by atoms with Crippen LogP contribution in [0.1, 0.15) is 12.0 Å². The lowest BCUT2D eigenvalue weighted by Gasteiger charge is -2.08. The van der Waals surface area contributed by atoms with E-state index in [1.165, 1.54) is 12.1 Å². The summed E-state index contributed by atoms with van der Waals surface area (Å²) in [7, 11) is 0. The number of halogens is 2. The maximum Gasteiger partial charge on any atom is 0.312 e. The van der Waals surface area contributed by atoms with Crippen LogP contribution in [-0.4, -0.2) is 21.2 Å². The van der Waals surface area contributed by atoms with E-state index in [9.17, 15) is 14.4 Å². The van der Waals surface area contributed by atoms with Gasteiger partial charge in [-0.25, -0.2) is 5.10 Å². The number of carbonyl (C=O) groups is 1. The molecule has 0 bridgehead atoms. The fourth-order valence-corrected chi connectivity index (χ4v) is 3.63. The molecule has 0 saturated carbocycles. The van der Waals surface area contributed by atoms with Gasteiger partial charge in [0.05, 0.1) is 22.3 Å². The largest absolute Gasteiger partial charge is 0.405 e. The fraction of sp³-hybridized carbons (Fsp3) is 0.100. The molecule has 0 saturated heterocycles. The summed E-state index contributed by atoms with van der Waals surface area (Å²) in [6, 6.07) is 12.3. The highest BCUT2D eigenvalue weighted by Gasteiger charge is 2.19. The Morgan fingerprint density at radius 1 is 1.07 bits per heavy atom. The molecule has 0 aliphatic rings. The average Bonchev–Trinajstić information content (AvgIpc) is 2.69. The molecule has 146 valence electrons. The van der Waals surface area contributed by atoms with Crippen molar-refractivity contribution < 1.29 is 9.53 Å². The summed E-state index contributed by atoms with van der Waals surface area (Å²) >= 11 is 12.1. The van der Waals surface area contributed by atoms with Crippen molar-refractivity contribution in [3.8, 4) is 5.88 Å². The number of hydrogen-bond acceptors (Lipinski definition) is 5. The Morgan fingerprint density at radius 2 is 1.83 bits per heavy atom. The van der Waals surface area contributed by atoms with E-state index in [1.807, 2.05) is 30.3 Å². The van der Waals surface area contributed by atoms with Crippen molar-refractivity contribution >= 4 is 51.0 Å².